The quantitative estimate of drug-likeness (QED) is 0.900. The fourth-order valence-corrected chi connectivity index (χ4v) is 4.91. The van der Waals surface area contributed by atoms with Crippen LogP contribution in [0.2, 0.25) is 0 Å². The molecular formula is C19H30N4O2. The Morgan fingerprint density at radius 2 is 2.12 bits per heavy atom. The van der Waals surface area contributed by atoms with Crippen molar-refractivity contribution >= 4 is 5.91 Å². The number of aromatic nitrogens is 2. The van der Waals surface area contributed by atoms with E-state index in [2.05, 4.69) is 10.00 Å². The van der Waals surface area contributed by atoms with Crippen molar-refractivity contribution in [3.8, 4) is 0 Å². The molecule has 3 heterocycles. The molecule has 25 heavy (non-hydrogen) atoms. The van der Waals surface area contributed by atoms with Crippen LogP contribution in [0.25, 0.3) is 0 Å². The van der Waals surface area contributed by atoms with E-state index in [0.717, 1.165) is 51.6 Å². The second-order valence-electron chi connectivity index (χ2n) is 8.13. The Hall–Kier alpha value is -1.40. The van der Waals surface area contributed by atoms with E-state index in [-0.39, 0.29) is 17.9 Å². The monoisotopic (exact) mass is 346 g/mol. The van der Waals surface area contributed by atoms with Gasteiger partial charge in [0.1, 0.15) is 0 Å². The van der Waals surface area contributed by atoms with E-state index in [1.54, 1.807) is 10.9 Å². The highest BCUT2D eigenvalue weighted by Crippen LogP contribution is 2.46. The maximum atomic E-state index is 12.7. The van der Waals surface area contributed by atoms with Gasteiger partial charge in [-0.2, -0.15) is 5.10 Å². The molecular weight excluding hydrogens is 316 g/mol. The summed E-state index contributed by atoms with van der Waals surface area (Å²) < 4.78 is 1.80. The Labute approximate surface area is 149 Å². The van der Waals surface area contributed by atoms with Crippen LogP contribution in [-0.2, 0) is 6.54 Å². The second-order valence-corrected chi connectivity index (χ2v) is 8.13. The lowest BCUT2D eigenvalue weighted by molar-refractivity contribution is 0.0385. The third-order valence-electron chi connectivity index (χ3n) is 6.90. The van der Waals surface area contributed by atoms with Crippen LogP contribution in [0, 0.1) is 11.3 Å². The molecule has 3 fully saturated rings. The normalized spacial score (nSPS) is 27.0. The Morgan fingerprint density at radius 3 is 2.68 bits per heavy atom. The van der Waals surface area contributed by atoms with Crippen molar-refractivity contribution in [2.45, 2.75) is 51.6 Å². The molecule has 1 aliphatic carbocycles. The van der Waals surface area contributed by atoms with Crippen LogP contribution in [0.1, 0.15) is 49.4 Å². The summed E-state index contributed by atoms with van der Waals surface area (Å²) in [5.74, 6) is 0.470. The lowest BCUT2D eigenvalue weighted by Crippen LogP contribution is -2.47. The van der Waals surface area contributed by atoms with Crippen LogP contribution < -0.4 is 0 Å². The first kappa shape index (κ1) is 17.0. The third kappa shape index (κ3) is 2.99. The zero-order chi connectivity index (χ0) is 17.4. The molecule has 1 aromatic heterocycles. The lowest BCUT2D eigenvalue weighted by Gasteiger charge is -2.43. The van der Waals surface area contributed by atoms with Gasteiger partial charge in [0.05, 0.1) is 11.8 Å². The molecule has 3 aliphatic rings. The van der Waals surface area contributed by atoms with E-state index in [1.807, 2.05) is 18.0 Å². The molecule has 138 valence electrons. The van der Waals surface area contributed by atoms with Gasteiger partial charge < -0.3 is 10.0 Å². The number of aliphatic hydroxyl groups is 1. The van der Waals surface area contributed by atoms with Gasteiger partial charge in [-0.3, -0.25) is 14.4 Å². The highest BCUT2D eigenvalue weighted by Gasteiger charge is 2.49. The van der Waals surface area contributed by atoms with Crippen molar-refractivity contribution in [3.05, 3.63) is 18.0 Å². The van der Waals surface area contributed by atoms with Crippen LogP contribution in [0.5, 0.6) is 0 Å². The summed E-state index contributed by atoms with van der Waals surface area (Å²) >= 11 is 0. The van der Waals surface area contributed by atoms with Gasteiger partial charge in [0, 0.05) is 57.5 Å². The van der Waals surface area contributed by atoms with Crippen LogP contribution in [-0.4, -0.2) is 69.4 Å². The van der Waals surface area contributed by atoms with Crippen LogP contribution in [0.3, 0.4) is 0 Å². The van der Waals surface area contributed by atoms with Gasteiger partial charge in [-0.05, 0) is 38.0 Å². The smallest absolute Gasteiger partial charge is 0.257 e. The van der Waals surface area contributed by atoms with Crippen molar-refractivity contribution in [1.82, 2.24) is 19.6 Å². The first-order valence-corrected chi connectivity index (χ1v) is 9.82. The average Bonchev–Trinajstić information content (AvgIpc) is 3.19. The molecule has 1 unspecified atom stereocenters. The molecule has 0 bridgehead atoms. The largest absolute Gasteiger partial charge is 0.396 e. The molecule has 1 N–H and O–H groups in total. The highest BCUT2D eigenvalue weighted by atomic mass is 16.3. The lowest BCUT2D eigenvalue weighted by atomic mass is 9.71. The minimum absolute atomic E-state index is 0.101. The molecule has 0 aromatic carbocycles. The number of carbonyl (C=O) groups is 1. The van der Waals surface area contributed by atoms with Gasteiger partial charge in [0.15, 0.2) is 0 Å². The summed E-state index contributed by atoms with van der Waals surface area (Å²) in [6.45, 7) is 6.83. The SMILES string of the molecule is CCn1cc(C(=O)N2CCC3(CC2)CN(C2CCC2)CC3CO)cn1. The zero-order valence-corrected chi connectivity index (χ0v) is 15.2. The van der Waals surface area contributed by atoms with Crippen molar-refractivity contribution in [2.24, 2.45) is 11.3 Å². The number of likely N-dealkylation sites (tertiary alicyclic amines) is 2. The van der Waals surface area contributed by atoms with Gasteiger partial charge >= 0.3 is 0 Å². The molecule has 4 rings (SSSR count). The number of piperidine rings is 1. The molecule has 0 radical (unpaired) electrons. The minimum atomic E-state index is 0.101. The van der Waals surface area contributed by atoms with Gasteiger partial charge in [-0.15, -0.1) is 0 Å². The first-order chi connectivity index (χ1) is 12.1. The number of aryl methyl sites for hydroxylation is 1. The topological polar surface area (TPSA) is 61.6 Å². The number of aliphatic hydroxyl groups excluding tert-OH is 1. The molecule has 2 aliphatic heterocycles. The van der Waals surface area contributed by atoms with Crippen molar-refractivity contribution in [3.63, 3.8) is 0 Å². The Kier molecular flexibility index (Phi) is 4.58. The van der Waals surface area contributed by atoms with Gasteiger partial charge in [-0.1, -0.05) is 6.42 Å². The van der Waals surface area contributed by atoms with E-state index in [0.29, 0.717) is 11.5 Å². The molecule has 1 amide bonds. The minimum Gasteiger partial charge on any atom is -0.396 e. The van der Waals surface area contributed by atoms with Gasteiger partial charge in [0.2, 0.25) is 0 Å². The van der Waals surface area contributed by atoms with Crippen LogP contribution >= 0.6 is 0 Å². The molecule has 1 atom stereocenters. The van der Waals surface area contributed by atoms with Crippen LogP contribution in [0.4, 0.5) is 0 Å². The van der Waals surface area contributed by atoms with Gasteiger partial charge in [-0.25, -0.2) is 0 Å². The Balaban J connectivity index is 1.40. The summed E-state index contributed by atoms with van der Waals surface area (Å²) in [6.07, 6.45) is 9.54. The summed E-state index contributed by atoms with van der Waals surface area (Å²) in [5, 5.41) is 14.2. The number of nitrogens with zero attached hydrogens (tertiary/aromatic N) is 4. The Bertz CT molecular complexity index is 617. The summed E-state index contributed by atoms with van der Waals surface area (Å²) in [4.78, 5) is 17.3. The van der Waals surface area contributed by atoms with Crippen LogP contribution in [0.15, 0.2) is 12.4 Å². The highest BCUT2D eigenvalue weighted by molar-refractivity contribution is 5.93. The van der Waals surface area contributed by atoms with Gasteiger partial charge in [0.25, 0.3) is 5.91 Å². The summed E-state index contributed by atoms with van der Waals surface area (Å²) in [5.41, 5.74) is 0.897. The standard InChI is InChI=1S/C19H30N4O2/c1-2-23-11-15(10-20-23)18(25)21-8-6-19(7-9-21)14-22(12-16(19)13-24)17-4-3-5-17/h10-11,16-17,24H,2-9,12-14H2,1H3. The fourth-order valence-electron chi connectivity index (χ4n) is 4.91. The number of hydrogen-bond donors (Lipinski definition) is 1. The van der Waals surface area contributed by atoms with Crippen molar-refractivity contribution in [2.75, 3.05) is 32.8 Å². The predicted molar refractivity (Wildman–Crippen MR) is 95.3 cm³/mol. The van der Waals surface area contributed by atoms with E-state index in [1.165, 1.54) is 19.3 Å². The van der Waals surface area contributed by atoms with E-state index in [4.69, 9.17) is 0 Å². The van der Waals surface area contributed by atoms with Crippen molar-refractivity contribution < 1.29 is 9.90 Å². The molecule has 6 nitrogen and oxygen atoms in total. The molecule has 2 saturated heterocycles. The molecule has 1 saturated carbocycles. The average molecular weight is 346 g/mol. The molecule has 1 spiro atoms. The zero-order valence-electron chi connectivity index (χ0n) is 15.2. The van der Waals surface area contributed by atoms with E-state index in [9.17, 15) is 9.90 Å². The maximum absolute atomic E-state index is 12.7. The summed E-state index contributed by atoms with van der Waals surface area (Å²) in [6, 6.07) is 0.743. The van der Waals surface area contributed by atoms with E-state index >= 15 is 0 Å². The first-order valence-electron chi connectivity index (χ1n) is 9.82. The second kappa shape index (κ2) is 6.72. The number of hydrogen-bond acceptors (Lipinski definition) is 4. The number of carbonyl (C=O) groups excluding carboxylic acids is 1. The van der Waals surface area contributed by atoms with Crippen molar-refractivity contribution in [1.29, 1.82) is 0 Å². The maximum Gasteiger partial charge on any atom is 0.257 e. The summed E-state index contributed by atoms with van der Waals surface area (Å²) in [7, 11) is 0. The molecule has 6 heteroatoms. The predicted octanol–water partition coefficient (Wildman–Crippen LogP) is 1.60. The fraction of sp³-hybridized carbons (Fsp3) is 0.789. The number of amides is 1. The number of rotatable bonds is 4. The van der Waals surface area contributed by atoms with E-state index < -0.39 is 0 Å². The third-order valence-corrected chi connectivity index (χ3v) is 6.90. The molecule has 1 aromatic rings. The Morgan fingerprint density at radius 1 is 1.36 bits per heavy atom.